The first-order chi connectivity index (χ1) is 9.22. The monoisotopic (exact) mass is 255 g/mol. The Morgan fingerprint density at radius 2 is 1.95 bits per heavy atom. The van der Waals surface area contributed by atoms with Crippen LogP contribution in [0.15, 0.2) is 24.3 Å². The quantitative estimate of drug-likeness (QED) is 0.894. The summed E-state index contributed by atoms with van der Waals surface area (Å²) in [5.74, 6) is 0.808. The Kier molecular flexibility index (Phi) is 3.07. The summed E-state index contributed by atoms with van der Waals surface area (Å²) >= 11 is 0. The average Bonchev–Trinajstić information content (AvgIpc) is 2.38. The molecule has 0 unspecified atom stereocenters. The van der Waals surface area contributed by atoms with Gasteiger partial charge < -0.3 is 10.1 Å². The molecule has 0 fully saturated rings. The topological polar surface area (TPSA) is 47.0 Å². The summed E-state index contributed by atoms with van der Waals surface area (Å²) in [6.45, 7) is 4.88. The fraction of sp³-hybridized carbons (Fsp3) is 0.333. The van der Waals surface area contributed by atoms with Crippen molar-refractivity contribution in [1.29, 1.82) is 0 Å². The van der Waals surface area contributed by atoms with Crippen molar-refractivity contribution in [3.63, 3.8) is 0 Å². The minimum Gasteiger partial charge on any atom is -0.422 e. The Labute approximate surface area is 112 Å². The molecule has 3 rings (SSSR count). The number of rotatable bonds is 2. The van der Waals surface area contributed by atoms with E-state index in [2.05, 4.69) is 21.4 Å². The Morgan fingerprint density at radius 3 is 2.74 bits per heavy atom. The molecular weight excluding hydrogens is 238 g/mol. The fourth-order valence-corrected chi connectivity index (χ4v) is 2.40. The van der Waals surface area contributed by atoms with Crippen LogP contribution in [-0.4, -0.2) is 16.5 Å². The van der Waals surface area contributed by atoms with E-state index in [-0.39, 0.29) is 0 Å². The number of fused-ring (bicyclic) bond motifs is 1. The molecule has 19 heavy (non-hydrogen) atoms. The van der Waals surface area contributed by atoms with Crippen molar-refractivity contribution in [3.05, 3.63) is 41.2 Å². The maximum Gasteiger partial charge on any atom is 0.322 e. The molecule has 1 aromatic carbocycles. The number of benzene rings is 1. The van der Waals surface area contributed by atoms with E-state index in [4.69, 9.17) is 4.74 Å². The molecule has 0 amide bonds. The van der Waals surface area contributed by atoms with E-state index in [0.29, 0.717) is 6.01 Å². The molecule has 0 bridgehead atoms. The van der Waals surface area contributed by atoms with Gasteiger partial charge in [-0.15, -0.1) is 0 Å². The van der Waals surface area contributed by atoms with Gasteiger partial charge in [-0.05, 0) is 44.4 Å². The van der Waals surface area contributed by atoms with Gasteiger partial charge in [-0.2, -0.15) is 0 Å². The van der Waals surface area contributed by atoms with E-state index in [1.165, 1.54) is 5.56 Å². The first-order valence-corrected chi connectivity index (χ1v) is 6.58. The van der Waals surface area contributed by atoms with Crippen LogP contribution in [0.2, 0.25) is 0 Å². The molecule has 1 aliphatic rings. The lowest BCUT2D eigenvalue weighted by molar-refractivity contribution is 0.439. The van der Waals surface area contributed by atoms with Gasteiger partial charge in [-0.3, -0.25) is 0 Å². The van der Waals surface area contributed by atoms with Gasteiger partial charge in [0.25, 0.3) is 0 Å². The number of hydrogen-bond acceptors (Lipinski definition) is 4. The minimum atomic E-state index is 0.415. The third-order valence-electron chi connectivity index (χ3n) is 3.20. The standard InChI is InChI=1S/C15H17N3O/c1-10-9-11(2)18-15(17-10)19-13-7-3-5-12-6-4-8-16-14(12)13/h3,5,7,9,16H,4,6,8H2,1-2H3. The van der Waals surface area contributed by atoms with E-state index >= 15 is 0 Å². The molecule has 0 radical (unpaired) electrons. The number of nitrogens with zero attached hydrogens (tertiary/aromatic N) is 2. The summed E-state index contributed by atoms with van der Waals surface area (Å²) in [7, 11) is 0. The predicted molar refractivity (Wildman–Crippen MR) is 74.8 cm³/mol. The lowest BCUT2D eigenvalue weighted by Gasteiger charge is -2.20. The summed E-state index contributed by atoms with van der Waals surface area (Å²) in [5.41, 5.74) is 4.21. The lowest BCUT2D eigenvalue weighted by atomic mass is 10.0. The van der Waals surface area contributed by atoms with Gasteiger partial charge in [0.05, 0.1) is 5.69 Å². The molecule has 2 aromatic rings. The molecule has 1 aliphatic heterocycles. The van der Waals surface area contributed by atoms with Crippen LogP contribution in [0.4, 0.5) is 5.69 Å². The first-order valence-electron chi connectivity index (χ1n) is 6.58. The SMILES string of the molecule is Cc1cc(C)nc(Oc2cccc3c2NCCC3)n1. The van der Waals surface area contributed by atoms with Crippen LogP contribution in [0.3, 0.4) is 0 Å². The molecule has 98 valence electrons. The van der Waals surface area contributed by atoms with Gasteiger partial charge in [0.15, 0.2) is 5.75 Å². The van der Waals surface area contributed by atoms with Crippen molar-refractivity contribution in [2.45, 2.75) is 26.7 Å². The number of nitrogens with one attached hydrogen (secondary N) is 1. The normalized spacial score (nSPS) is 13.6. The van der Waals surface area contributed by atoms with E-state index in [9.17, 15) is 0 Å². The third-order valence-corrected chi connectivity index (χ3v) is 3.20. The Morgan fingerprint density at radius 1 is 1.16 bits per heavy atom. The third kappa shape index (κ3) is 2.52. The van der Waals surface area contributed by atoms with E-state index in [1.807, 2.05) is 32.0 Å². The Bertz CT molecular complexity index is 590. The second-order valence-corrected chi connectivity index (χ2v) is 4.86. The zero-order valence-corrected chi connectivity index (χ0v) is 11.2. The van der Waals surface area contributed by atoms with Gasteiger partial charge in [0, 0.05) is 17.9 Å². The van der Waals surface area contributed by atoms with Crippen LogP contribution in [0.25, 0.3) is 0 Å². The number of aryl methyl sites for hydroxylation is 3. The predicted octanol–water partition coefficient (Wildman–Crippen LogP) is 3.24. The highest BCUT2D eigenvalue weighted by atomic mass is 16.5. The number of ether oxygens (including phenoxy) is 1. The van der Waals surface area contributed by atoms with Crippen LogP contribution in [0.5, 0.6) is 11.8 Å². The van der Waals surface area contributed by atoms with E-state index in [0.717, 1.165) is 42.2 Å². The molecule has 1 aromatic heterocycles. The molecule has 0 aliphatic carbocycles. The summed E-state index contributed by atoms with van der Waals surface area (Å²) in [4.78, 5) is 8.63. The van der Waals surface area contributed by atoms with Crippen molar-refractivity contribution in [3.8, 4) is 11.8 Å². The second kappa shape index (κ2) is 4.88. The highest BCUT2D eigenvalue weighted by Crippen LogP contribution is 2.34. The lowest BCUT2D eigenvalue weighted by Crippen LogP contribution is -2.12. The van der Waals surface area contributed by atoms with Crippen molar-refractivity contribution in [2.75, 3.05) is 11.9 Å². The van der Waals surface area contributed by atoms with Crippen molar-refractivity contribution in [1.82, 2.24) is 9.97 Å². The number of hydrogen-bond donors (Lipinski definition) is 1. The van der Waals surface area contributed by atoms with Crippen LogP contribution < -0.4 is 10.1 Å². The van der Waals surface area contributed by atoms with E-state index < -0.39 is 0 Å². The average molecular weight is 255 g/mol. The number of para-hydroxylation sites is 1. The van der Waals surface area contributed by atoms with Crippen LogP contribution in [0.1, 0.15) is 23.4 Å². The summed E-state index contributed by atoms with van der Waals surface area (Å²) in [6.07, 6.45) is 2.25. The largest absolute Gasteiger partial charge is 0.422 e. The Balaban J connectivity index is 1.95. The maximum atomic E-state index is 5.85. The van der Waals surface area contributed by atoms with Gasteiger partial charge in [-0.25, -0.2) is 9.97 Å². The van der Waals surface area contributed by atoms with Crippen LogP contribution >= 0.6 is 0 Å². The number of aromatic nitrogens is 2. The first kappa shape index (κ1) is 12.0. The zero-order valence-electron chi connectivity index (χ0n) is 11.2. The molecule has 4 nitrogen and oxygen atoms in total. The van der Waals surface area contributed by atoms with Crippen LogP contribution in [0, 0.1) is 13.8 Å². The highest BCUT2D eigenvalue weighted by Gasteiger charge is 2.14. The fourth-order valence-electron chi connectivity index (χ4n) is 2.40. The van der Waals surface area contributed by atoms with E-state index in [1.54, 1.807) is 0 Å². The summed E-state index contributed by atoms with van der Waals surface area (Å²) in [6, 6.07) is 8.46. The molecule has 0 saturated heterocycles. The smallest absolute Gasteiger partial charge is 0.322 e. The van der Waals surface area contributed by atoms with Crippen LogP contribution in [-0.2, 0) is 6.42 Å². The second-order valence-electron chi connectivity index (χ2n) is 4.86. The molecule has 4 heteroatoms. The summed E-state index contributed by atoms with van der Waals surface area (Å²) in [5, 5.41) is 3.40. The molecule has 2 heterocycles. The number of anilines is 1. The minimum absolute atomic E-state index is 0.415. The zero-order chi connectivity index (χ0) is 13.2. The summed E-state index contributed by atoms with van der Waals surface area (Å²) < 4.78 is 5.85. The van der Waals surface area contributed by atoms with Crippen molar-refractivity contribution >= 4 is 5.69 Å². The van der Waals surface area contributed by atoms with Crippen molar-refractivity contribution < 1.29 is 4.74 Å². The molecule has 0 atom stereocenters. The van der Waals surface area contributed by atoms with Crippen molar-refractivity contribution in [2.24, 2.45) is 0 Å². The van der Waals surface area contributed by atoms with Gasteiger partial charge >= 0.3 is 6.01 Å². The van der Waals surface area contributed by atoms with Gasteiger partial charge in [-0.1, -0.05) is 12.1 Å². The maximum absolute atomic E-state index is 5.85. The molecule has 0 saturated carbocycles. The Hall–Kier alpha value is -2.10. The highest BCUT2D eigenvalue weighted by molar-refractivity contribution is 5.63. The van der Waals surface area contributed by atoms with Gasteiger partial charge in [0.1, 0.15) is 0 Å². The molecule has 0 spiro atoms. The molecule has 1 N–H and O–H groups in total. The van der Waals surface area contributed by atoms with Gasteiger partial charge in [0.2, 0.25) is 0 Å². The molecular formula is C15H17N3O.